The molecule has 14 heteroatoms. The van der Waals surface area contributed by atoms with Gasteiger partial charge >= 0.3 is 0 Å². The maximum absolute atomic E-state index is 13.0. The third-order valence-corrected chi connectivity index (χ3v) is 12.2. The standard InChI is InChI=1S/C47H89NO13/c1-3-5-7-9-10-11-12-13-14-15-16-17-18-19-20-21-22-23-24-25-27-29-31-39(52)48-35(36(51)30-28-26-8-6-4-2)34-58-46-44(57)42(55)45(38(33-50)60-46)61-47-43(56)41(54)40(53)37(32-49)59-47/h28,30,35-38,40-47,49-51,53-57H,3-27,29,31-34H2,1-2H3,(H,48,52)/b30-28+. The van der Waals surface area contributed by atoms with Crippen molar-refractivity contribution >= 4 is 5.91 Å². The van der Waals surface area contributed by atoms with Gasteiger partial charge in [0.1, 0.15) is 48.8 Å². The van der Waals surface area contributed by atoms with Crippen molar-refractivity contribution in [2.24, 2.45) is 0 Å². The van der Waals surface area contributed by atoms with Crippen molar-refractivity contribution in [1.82, 2.24) is 5.32 Å². The highest BCUT2D eigenvalue weighted by molar-refractivity contribution is 5.76. The second kappa shape index (κ2) is 35.0. The van der Waals surface area contributed by atoms with Gasteiger partial charge < -0.3 is 65.1 Å². The highest BCUT2D eigenvalue weighted by Gasteiger charge is 2.51. The zero-order valence-corrected chi connectivity index (χ0v) is 37.9. The van der Waals surface area contributed by atoms with Crippen LogP contribution in [0, 0.1) is 0 Å². The van der Waals surface area contributed by atoms with Crippen LogP contribution in [-0.4, -0.2) is 140 Å². The molecule has 2 saturated heterocycles. The number of hydrogen-bond donors (Lipinski definition) is 9. The molecule has 9 N–H and O–H groups in total. The van der Waals surface area contributed by atoms with E-state index in [1.807, 2.05) is 6.08 Å². The van der Waals surface area contributed by atoms with Gasteiger partial charge in [0.2, 0.25) is 5.91 Å². The number of aliphatic hydroxyl groups is 8. The Morgan fingerprint density at radius 1 is 0.574 bits per heavy atom. The Morgan fingerprint density at radius 2 is 1.02 bits per heavy atom. The van der Waals surface area contributed by atoms with Crippen LogP contribution >= 0.6 is 0 Å². The largest absolute Gasteiger partial charge is 0.394 e. The Hall–Kier alpha value is -1.27. The van der Waals surface area contributed by atoms with E-state index in [1.165, 1.54) is 116 Å². The summed E-state index contributed by atoms with van der Waals surface area (Å²) in [5, 5.41) is 86.1. The summed E-state index contributed by atoms with van der Waals surface area (Å²) in [6.07, 6.45) is 19.0. The maximum atomic E-state index is 13.0. The smallest absolute Gasteiger partial charge is 0.220 e. The molecule has 0 bridgehead atoms. The number of rotatable bonds is 37. The first kappa shape index (κ1) is 55.9. The summed E-state index contributed by atoms with van der Waals surface area (Å²) in [4.78, 5) is 13.0. The first-order valence-corrected chi connectivity index (χ1v) is 24.4. The maximum Gasteiger partial charge on any atom is 0.220 e. The van der Waals surface area contributed by atoms with Gasteiger partial charge in [0.05, 0.1) is 32.0 Å². The minimum absolute atomic E-state index is 0.244. The van der Waals surface area contributed by atoms with Gasteiger partial charge in [-0.25, -0.2) is 0 Å². The molecule has 2 fully saturated rings. The van der Waals surface area contributed by atoms with E-state index >= 15 is 0 Å². The molecule has 1 amide bonds. The molecule has 0 saturated carbocycles. The number of amides is 1. The summed E-state index contributed by atoms with van der Waals surface area (Å²) in [7, 11) is 0. The van der Waals surface area contributed by atoms with Crippen molar-refractivity contribution in [3.8, 4) is 0 Å². The van der Waals surface area contributed by atoms with Gasteiger partial charge in [-0.1, -0.05) is 174 Å². The second-order valence-electron chi connectivity index (χ2n) is 17.6. The summed E-state index contributed by atoms with van der Waals surface area (Å²) in [6.45, 7) is 2.67. The molecule has 0 spiro atoms. The average Bonchev–Trinajstić information content (AvgIpc) is 3.26. The lowest BCUT2D eigenvalue weighted by Gasteiger charge is -2.46. The quantitative estimate of drug-likeness (QED) is 0.0274. The van der Waals surface area contributed by atoms with Gasteiger partial charge in [0.25, 0.3) is 0 Å². The van der Waals surface area contributed by atoms with Crippen molar-refractivity contribution in [2.45, 2.75) is 261 Å². The fourth-order valence-electron chi connectivity index (χ4n) is 8.17. The van der Waals surface area contributed by atoms with E-state index in [9.17, 15) is 45.6 Å². The van der Waals surface area contributed by atoms with E-state index in [2.05, 4.69) is 19.2 Å². The number of hydrogen-bond acceptors (Lipinski definition) is 13. The van der Waals surface area contributed by atoms with E-state index in [1.54, 1.807) is 6.08 Å². The van der Waals surface area contributed by atoms with Gasteiger partial charge in [-0.3, -0.25) is 4.79 Å². The molecular formula is C47H89NO13. The molecule has 12 atom stereocenters. The number of carbonyl (C=O) groups excluding carboxylic acids is 1. The lowest BCUT2D eigenvalue weighted by Crippen LogP contribution is -2.65. The number of ether oxygens (including phenoxy) is 4. The fraction of sp³-hybridized carbons (Fsp3) is 0.936. The van der Waals surface area contributed by atoms with Crippen molar-refractivity contribution < 1.29 is 64.6 Å². The fourth-order valence-corrected chi connectivity index (χ4v) is 8.17. The van der Waals surface area contributed by atoms with E-state index in [0.717, 1.165) is 44.9 Å². The van der Waals surface area contributed by atoms with Crippen LogP contribution in [0.4, 0.5) is 0 Å². The monoisotopic (exact) mass is 876 g/mol. The highest BCUT2D eigenvalue weighted by Crippen LogP contribution is 2.30. The van der Waals surface area contributed by atoms with Gasteiger partial charge in [-0.05, 0) is 19.3 Å². The van der Waals surface area contributed by atoms with Crippen LogP contribution < -0.4 is 5.32 Å². The minimum atomic E-state index is -1.78. The van der Waals surface area contributed by atoms with E-state index in [0.29, 0.717) is 6.42 Å². The summed E-state index contributed by atoms with van der Waals surface area (Å²) < 4.78 is 22.5. The predicted octanol–water partition coefficient (Wildman–Crippen LogP) is 5.60. The normalized spacial score (nSPS) is 28.0. The Labute approximate surface area is 367 Å². The van der Waals surface area contributed by atoms with E-state index in [-0.39, 0.29) is 18.9 Å². The van der Waals surface area contributed by atoms with Crippen LogP contribution in [0.25, 0.3) is 0 Å². The van der Waals surface area contributed by atoms with Gasteiger partial charge in [0.15, 0.2) is 12.6 Å². The van der Waals surface area contributed by atoms with Crippen LogP contribution in [-0.2, 0) is 23.7 Å². The molecular weight excluding hydrogens is 787 g/mol. The molecule has 2 aliphatic heterocycles. The molecule has 0 radical (unpaired) electrons. The number of aliphatic hydroxyl groups excluding tert-OH is 8. The van der Waals surface area contributed by atoms with Gasteiger partial charge in [0, 0.05) is 6.42 Å². The van der Waals surface area contributed by atoms with Crippen LogP contribution in [0.1, 0.15) is 187 Å². The molecule has 360 valence electrons. The van der Waals surface area contributed by atoms with Crippen LogP contribution in [0.5, 0.6) is 0 Å². The van der Waals surface area contributed by atoms with E-state index < -0.39 is 86.8 Å². The predicted molar refractivity (Wildman–Crippen MR) is 235 cm³/mol. The third-order valence-electron chi connectivity index (χ3n) is 12.2. The minimum Gasteiger partial charge on any atom is -0.394 e. The molecule has 0 aliphatic carbocycles. The molecule has 61 heavy (non-hydrogen) atoms. The lowest BCUT2D eigenvalue weighted by molar-refractivity contribution is -0.359. The van der Waals surface area contributed by atoms with Crippen LogP contribution in [0.2, 0.25) is 0 Å². The molecule has 2 aliphatic rings. The SMILES string of the molecule is CCCCC/C=C/C(O)C(COC1OC(CO)C(OC2OC(CO)C(O)C(O)C2O)C(O)C1O)NC(=O)CCCCCCCCCCCCCCCCCCCCCCCC. The number of unbranched alkanes of at least 4 members (excludes halogenated alkanes) is 24. The summed E-state index contributed by atoms with van der Waals surface area (Å²) >= 11 is 0. The second-order valence-corrected chi connectivity index (χ2v) is 17.6. The van der Waals surface area contributed by atoms with Gasteiger partial charge in [-0.2, -0.15) is 0 Å². The summed E-state index contributed by atoms with van der Waals surface area (Å²) in [5.74, 6) is -0.244. The first-order chi connectivity index (χ1) is 29.6. The molecule has 0 aromatic rings. The summed E-state index contributed by atoms with van der Waals surface area (Å²) in [5.41, 5.74) is 0. The lowest BCUT2D eigenvalue weighted by atomic mass is 9.97. The molecule has 2 heterocycles. The number of allylic oxidation sites excluding steroid dienone is 1. The van der Waals surface area contributed by atoms with Crippen LogP contribution in [0.3, 0.4) is 0 Å². The van der Waals surface area contributed by atoms with Gasteiger partial charge in [-0.15, -0.1) is 0 Å². The van der Waals surface area contributed by atoms with Crippen molar-refractivity contribution in [3.63, 3.8) is 0 Å². The first-order valence-electron chi connectivity index (χ1n) is 24.4. The molecule has 2 rings (SSSR count). The highest BCUT2D eigenvalue weighted by atomic mass is 16.7. The molecule has 12 unspecified atom stereocenters. The Balaban J connectivity index is 1.69. The van der Waals surface area contributed by atoms with Crippen molar-refractivity contribution in [3.05, 3.63) is 12.2 Å². The number of carbonyl (C=O) groups is 1. The van der Waals surface area contributed by atoms with E-state index in [4.69, 9.17) is 18.9 Å². The average molecular weight is 876 g/mol. The topological polar surface area (TPSA) is 228 Å². The Morgan fingerprint density at radius 3 is 1.51 bits per heavy atom. The van der Waals surface area contributed by atoms with Crippen molar-refractivity contribution in [1.29, 1.82) is 0 Å². The van der Waals surface area contributed by atoms with Crippen molar-refractivity contribution in [2.75, 3.05) is 19.8 Å². The Bertz CT molecular complexity index is 1080. The number of nitrogens with one attached hydrogen (secondary N) is 1. The molecule has 0 aromatic heterocycles. The zero-order chi connectivity index (χ0) is 44.7. The zero-order valence-electron chi connectivity index (χ0n) is 37.9. The Kier molecular flexibility index (Phi) is 32.1. The third kappa shape index (κ3) is 23.0. The molecule has 0 aromatic carbocycles. The molecule has 14 nitrogen and oxygen atoms in total. The van der Waals surface area contributed by atoms with Crippen LogP contribution in [0.15, 0.2) is 12.2 Å². The summed E-state index contributed by atoms with van der Waals surface area (Å²) in [6, 6.07) is -0.904.